The fourth-order valence-corrected chi connectivity index (χ4v) is 4.21. The number of hydrogen-bond acceptors (Lipinski definition) is 3. The highest BCUT2D eigenvalue weighted by molar-refractivity contribution is 6.31. The van der Waals surface area contributed by atoms with Gasteiger partial charge >= 0.3 is 0 Å². The van der Waals surface area contributed by atoms with Gasteiger partial charge in [0.15, 0.2) is 6.10 Å². The van der Waals surface area contributed by atoms with E-state index in [2.05, 4.69) is 9.97 Å². The van der Waals surface area contributed by atoms with Crippen molar-refractivity contribution in [1.82, 2.24) is 14.5 Å². The minimum Gasteiger partial charge on any atom is -0.479 e. The normalized spacial score (nSPS) is 12.1. The van der Waals surface area contributed by atoms with Gasteiger partial charge in [0.05, 0.1) is 18.2 Å². The molecule has 1 atom stereocenters. The van der Waals surface area contributed by atoms with E-state index >= 15 is 0 Å². The number of ether oxygens (including phenoxy) is 1. The SMILES string of the molecule is Cn1cncc1C(Oc1ccc(Cl)cc1)c1ccc2[nH]c(=O)cc(-c3cccc(Cl)c3)c2c1. The second kappa shape index (κ2) is 8.77. The first kappa shape index (κ1) is 21.3. The van der Waals surface area contributed by atoms with Crippen LogP contribution in [0, 0.1) is 0 Å². The molecular formula is C26H19Cl2N3O2. The largest absolute Gasteiger partial charge is 0.479 e. The van der Waals surface area contributed by atoms with Gasteiger partial charge in [-0.25, -0.2) is 4.98 Å². The van der Waals surface area contributed by atoms with Crippen molar-refractivity contribution in [3.8, 4) is 16.9 Å². The number of aryl methyl sites for hydroxylation is 1. The third kappa shape index (κ3) is 4.38. The second-order valence-corrected chi connectivity index (χ2v) is 8.62. The van der Waals surface area contributed by atoms with E-state index in [0.29, 0.717) is 15.8 Å². The molecule has 0 spiro atoms. The Morgan fingerprint density at radius 1 is 0.970 bits per heavy atom. The van der Waals surface area contributed by atoms with Crippen molar-refractivity contribution in [2.24, 2.45) is 7.05 Å². The predicted molar refractivity (Wildman–Crippen MR) is 132 cm³/mol. The van der Waals surface area contributed by atoms with Gasteiger partial charge in [0.25, 0.3) is 0 Å². The summed E-state index contributed by atoms with van der Waals surface area (Å²) in [7, 11) is 1.93. The fraction of sp³-hybridized carbons (Fsp3) is 0.0769. The standard InChI is InChI=1S/C26H19Cl2N3O2/c1-31-15-29-14-24(31)26(33-20-8-6-18(27)7-9-20)17-5-10-23-22(12-17)21(13-25(32)30-23)16-3-2-4-19(28)11-16/h2-15,26H,1H3,(H,30,32). The van der Waals surface area contributed by atoms with E-state index < -0.39 is 6.10 Å². The van der Waals surface area contributed by atoms with Gasteiger partial charge in [-0.15, -0.1) is 0 Å². The predicted octanol–water partition coefficient (Wildman–Crippen LogP) is 6.40. The van der Waals surface area contributed by atoms with Crippen molar-refractivity contribution in [3.05, 3.63) is 117 Å². The maximum atomic E-state index is 12.3. The molecule has 1 N–H and O–H groups in total. The van der Waals surface area contributed by atoms with Gasteiger partial charge in [0.2, 0.25) is 5.56 Å². The highest BCUT2D eigenvalue weighted by Gasteiger charge is 2.21. The smallest absolute Gasteiger partial charge is 0.249 e. The molecule has 0 aliphatic rings. The lowest BCUT2D eigenvalue weighted by atomic mass is 9.97. The third-order valence-electron chi connectivity index (χ3n) is 5.50. The van der Waals surface area contributed by atoms with Crippen molar-refractivity contribution < 1.29 is 4.74 Å². The number of pyridine rings is 1. The number of imidazole rings is 1. The molecule has 0 saturated carbocycles. The summed E-state index contributed by atoms with van der Waals surface area (Å²) in [5, 5.41) is 2.14. The number of benzene rings is 3. The Kier molecular flexibility index (Phi) is 5.67. The number of halogens is 2. The number of nitrogens with zero attached hydrogens (tertiary/aromatic N) is 2. The van der Waals surface area contributed by atoms with Gasteiger partial charge in [-0.3, -0.25) is 4.79 Å². The van der Waals surface area contributed by atoms with Gasteiger partial charge in [-0.1, -0.05) is 41.4 Å². The van der Waals surface area contributed by atoms with Gasteiger partial charge in [-0.05, 0) is 65.2 Å². The van der Waals surface area contributed by atoms with Crippen LogP contribution in [0.5, 0.6) is 5.75 Å². The minimum absolute atomic E-state index is 0.175. The molecule has 5 rings (SSSR count). The summed E-state index contributed by atoms with van der Waals surface area (Å²) in [6.45, 7) is 0. The fourth-order valence-electron chi connectivity index (χ4n) is 3.90. The van der Waals surface area contributed by atoms with Crippen LogP contribution in [-0.2, 0) is 7.05 Å². The van der Waals surface area contributed by atoms with Crippen molar-refractivity contribution >= 4 is 34.1 Å². The Balaban J connectivity index is 1.68. The van der Waals surface area contributed by atoms with Crippen molar-refractivity contribution in [3.63, 3.8) is 0 Å². The van der Waals surface area contributed by atoms with Crippen molar-refractivity contribution in [2.75, 3.05) is 0 Å². The number of rotatable bonds is 5. The van der Waals surface area contributed by atoms with Crippen molar-refractivity contribution in [2.45, 2.75) is 6.10 Å². The first-order chi connectivity index (χ1) is 16.0. The molecule has 1 unspecified atom stereocenters. The highest BCUT2D eigenvalue weighted by atomic mass is 35.5. The average Bonchev–Trinajstić information content (AvgIpc) is 3.23. The van der Waals surface area contributed by atoms with Crippen molar-refractivity contribution in [1.29, 1.82) is 0 Å². The van der Waals surface area contributed by atoms with E-state index in [0.717, 1.165) is 33.3 Å². The molecule has 164 valence electrons. The third-order valence-corrected chi connectivity index (χ3v) is 5.98. The Bertz CT molecular complexity index is 1510. The summed E-state index contributed by atoms with van der Waals surface area (Å²) >= 11 is 12.3. The zero-order valence-electron chi connectivity index (χ0n) is 17.6. The van der Waals surface area contributed by atoms with Crippen LogP contribution in [-0.4, -0.2) is 14.5 Å². The van der Waals surface area contributed by atoms with E-state index in [9.17, 15) is 4.79 Å². The van der Waals surface area contributed by atoms with E-state index in [1.165, 1.54) is 0 Å². The van der Waals surface area contributed by atoms with Crippen LogP contribution < -0.4 is 10.3 Å². The molecule has 0 aliphatic heterocycles. The van der Waals surface area contributed by atoms with Crippen LogP contribution >= 0.6 is 23.2 Å². The summed E-state index contributed by atoms with van der Waals surface area (Å²) in [5.41, 5.74) is 4.02. The Morgan fingerprint density at radius 2 is 1.79 bits per heavy atom. The quantitative estimate of drug-likeness (QED) is 0.319. The highest BCUT2D eigenvalue weighted by Crippen LogP contribution is 2.34. The summed E-state index contributed by atoms with van der Waals surface area (Å²) in [4.78, 5) is 19.5. The summed E-state index contributed by atoms with van der Waals surface area (Å²) in [6.07, 6.45) is 3.10. The molecule has 3 aromatic carbocycles. The lowest BCUT2D eigenvalue weighted by Gasteiger charge is -2.21. The number of H-pyrrole nitrogens is 1. The van der Waals surface area contributed by atoms with Crippen LogP contribution in [0.15, 0.2) is 90.1 Å². The van der Waals surface area contributed by atoms with Crippen LogP contribution in [0.25, 0.3) is 22.0 Å². The molecule has 33 heavy (non-hydrogen) atoms. The van der Waals surface area contributed by atoms with E-state index in [-0.39, 0.29) is 5.56 Å². The van der Waals surface area contributed by atoms with Gasteiger partial charge in [-0.2, -0.15) is 0 Å². The molecule has 0 aliphatic carbocycles. The van der Waals surface area contributed by atoms with E-state index in [1.807, 2.05) is 66.2 Å². The molecule has 0 saturated heterocycles. The Labute approximate surface area is 200 Å². The number of aromatic nitrogens is 3. The van der Waals surface area contributed by atoms with E-state index in [1.54, 1.807) is 30.7 Å². The van der Waals surface area contributed by atoms with Crippen LogP contribution in [0.1, 0.15) is 17.4 Å². The zero-order chi connectivity index (χ0) is 22.9. The summed E-state index contributed by atoms with van der Waals surface area (Å²) in [5.74, 6) is 0.683. The van der Waals surface area contributed by atoms with Gasteiger partial charge in [0.1, 0.15) is 5.75 Å². The van der Waals surface area contributed by atoms with Crippen LogP contribution in [0.4, 0.5) is 0 Å². The second-order valence-electron chi connectivity index (χ2n) is 7.74. The van der Waals surface area contributed by atoms with Crippen LogP contribution in [0.3, 0.4) is 0 Å². The lowest BCUT2D eigenvalue weighted by molar-refractivity contribution is 0.238. The Morgan fingerprint density at radius 3 is 2.52 bits per heavy atom. The molecular weight excluding hydrogens is 457 g/mol. The number of fused-ring (bicyclic) bond motifs is 1. The number of aromatic amines is 1. The molecule has 0 fully saturated rings. The summed E-state index contributed by atoms with van der Waals surface area (Å²) < 4.78 is 8.33. The molecule has 7 heteroatoms. The monoisotopic (exact) mass is 475 g/mol. The average molecular weight is 476 g/mol. The Hall–Kier alpha value is -3.54. The first-order valence-corrected chi connectivity index (χ1v) is 11.0. The molecule has 0 amide bonds. The molecule has 0 bridgehead atoms. The maximum absolute atomic E-state index is 12.3. The number of nitrogens with one attached hydrogen (secondary N) is 1. The molecule has 5 nitrogen and oxygen atoms in total. The maximum Gasteiger partial charge on any atom is 0.249 e. The molecule has 5 aromatic rings. The van der Waals surface area contributed by atoms with Gasteiger partial charge in [0, 0.05) is 34.1 Å². The topological polar surface area (TPSA) is 59.9 Å². The first-order valence-electron chi connectivity index (χ1n) is 10.3. The molecule has 2 heterocycles. The van der Waals surface area contributed by atoms with Gasteiger partial charge < -0.3 is 14.3 Å². The molecule has 0 radical (unpaired) electrons. The zero-order valence-corrected chi connectivity index (χ0v) is 19.1. The molecule has 2 aromatic heterocycles. The lowest BCUT2D eigenvalue weighted by Crippen LogP contribution is -2.13. The van der Waals surface area contributed by atoms with Crippen LogP contribution in [0.2, 0.25) is 10.0 Å². The minimum atomic E-state index is -0.429. The van der Waals surface area contributed by atoms with E-state index in [4.69, 9.17) is 27.9 Å². The summed E-state index contributed by atoms with van der Waals surface area (Å²) in [6, 6.07) is 22.2. The number of hydrogen-bond donors (Lipinski definition) is 1.